The van der Waals surface area contributed by atoms with Crippen LogP contribution in [0.3, 0.4) is 0 Å². The van der Waals surface area contributed by atoms with Crippen LogP contribution in [0.4, 0.5) is 5.69 Å². The van der Waals surface area contributed by atoms with Crippen molar-refractivity contribution in [2.45, 2.75) is 13.8 Å². The highest BCUT2D eigenvalue weighted by Crippen LogP contribution is 2.27. The molecule has 1 aromatic carbocycles. The molecule has 4 heteroatoms. The molecule has 0 fully saturated rings. The van der Waals surface area contributed by atoms with Gasteiger partial charge in [0.1, 0.15) is 5.88 Å². The summed E-state index contributed by atoms with van der Waals surface area (Å²) in [6, 6.07) is 3.76. The lowest BCUT2D eigenvalue weighted by Gasteiger charge is -2.10. The number of hydrogen-bond donors (Lipinski definition) is 1. The summed E-state index contributed by atoms with van der Waals surface area (Å²) < 4.78 is 0. The standard InChI is InChI=1S/C10H11Cl2NO/c1-6-3-7(2)10(8(12)4-6)13-9(14)5-11/h3-4H,5H2,1-2H3,(H,13,14). The van der Waals surface area contributed by atoms with E-state index in [1.54, 1.807) is 6.07 Å². The molecule has 0 unspecified atom stereocenters. The van der Waals surface area contributed by atoms with Gasteiger partial charge in [0, 0.05) is 0 Å². The van der Waals surface area contributed by atoms with Gasteiger partial charge in [0.2, 0.25) is 5.91 Å². The van der Waals surface area contributed by atoms with Gasteiger partial charge in [-0.05, 0) is 31.0 Å². The quantitative estimate of drug-likeness (QED) is 0.779. The summed E-state index contributed by atoms with van der Waals surface area (Å²) >= 11 is 11.4. The van der Waals surface area contributed by atoms with Crippen LogP contribution >= 0.6 is 23.2 Å². The molecule has 1 amide bonds. The molecule has 0 saturated heterocycles. The fourth-order valence-electron chi connectivity index (χ4n) is 1.25. The zero-order valence-electron chi connectivity index (χ0n) is 8.03. The van der Waals surface area contributed by atoms with Crippen molar-refractivity contribution in [2.75, 3.05) is 11.2 Å². The van der Waals surface area contributed by atoms with Gasteiger partial charge in [0.05, 0.1) is 10.7 Å². The molecule has 1 N–H and O–H groups in total. The summed E-state index contributed by atoms with van der Waals surface area (Å²) in [7, 11) is 0. The topological polar surface area (TPSA) is 29.1 Å². The van der Waals surface area contributed by atoms with Crippen LogP contribution in [-0.4, -0.2) is 11.8 Å². The molecule has 0 aliphatic carbocycles. The Morgan fingerprint density at radius 1 is 1.43 bits per heavy atom. The van der Waals surface area contributed by atoms with E-state index in [1.807, 2.05) is 19.9 Å². The van der Waals surface area contributed by atoms with Crippen LogP contribution in [0.25, 0.3) is 0 Å². The summed E-state index contributed by atoms with van der Waals surface area (Å²) in [5.41, 5.74) is 2.65. The van der Waals surface area contributed by atoms with Crippen molar-refractivity contribution in [3.05, 3.63) is 28.3 Å². The highest BCUT2D eigenvalue weighted by atomic mass is 35.5. The Hall–Kier alpha value is -0.730. The first-order valence-electron chi connectivity index (χ1n) is 4.17. The van der Waals surface area contributed by atoms with Gasteiger partial charge in [0.15, 0.2) is 0 Å². The van der Waals surface area contributed by atoms with Crippen LogP contribution in [-0.2, 0) is 4.79 Å². The number of hydrogen-bond acceptors (Lipinski definition) is 1. The van der Waals surface area contributed by atoms with Gasteiger partial charge in [-0.25, -0.2) is 0 Å². The van der Waals surface area contributed by atoms with E-state index in [1.165, 1.54) is 0 Å². The van der Waals surface area contributed by atoms with E-state index in [9.17, 15) is 4.79 Å². The first kappa shape index (κ1) is 11.3. The molecule has 0 bridgehead atoms. The number of carbonyl (C=O) groups is 1. The number of rotatable bonds is 2. The fraction of sp³-hybridized carbons (Fsp3) is 0.300. The first-order chi connectivity index (χ1) is 6.54. The molecule has 1 aromatic rings. The number of amides is 1. The first-order valence-corrected chi connectivity index (χ1v) is 5.08. The van der Waals surface area contributed by atoms with Crippen LogP contribution in [0.2, 0.25) is 5.02 Å². The number of anilines is 1. The van der Waals surface area contributed by atoms with Crippen molar-refractivity contribution >= 4 is 34.8 Å². The summed E-state index contributed by atoms with van der Waals surface area (Å²) in [6.07, 6.45) is 0. The Balaban J connectivity index is 3.02. The second-order valence-electron chi connectivity index (χ2n) is 3.12. The third-order valence-corrected chi connectivity index (χ3v) is 2.36. The molecular formula is C10H11Cl2NO. The third-order valence-electron chi connectivity index (χ3n) is 1.82. The van der Waals surface area contributed by atoms with E-state index >= 15 is 0 Å². The molecule has 0 radical (unpaired) electrons. The smallest absolute Gasteiger partial charge is 0.239 e. The number of aryl methyl sites for hydroxylation is 2. The van der Waals surface area contributed by atoms with Gasteiger partial charge >= 0.3 is 0 Å². The van der Waals surface area contributed by atoms with E-state index in [0.717, 1.165) is 11.1 Å². The van der Waals surface area contributed by atoms with Crippen molar-refractivity contribution in [1.29, 1.82) is 0 Å². The minimum atomic E-state index is -0.250. The van der Waals surface area contributed by atoms with Gasteiger partial charge in [-0.2, -0.15) is 0 Å². The summed E-state index contributed by atoms with van der Waals surface area (Å²) in [4.78, 5) is 11.1. The molecule has 0 aliphatic rings. The SMILES string of the molecule is Cc1cc(C)c(NC(=O)CCl)c(Cl)c1. The lowest BCUT2D eigenvalue weighted by Crippen LogP contribution is -2.13. The van der Waals surface area contributed by atoms with Crippen molar-refractivity contribution in [3.63, 3.8) is 0 Å². The summed E-state index contributed by atoms with van der Waals surface area (Å²) in [5, 5.41) is 3.20. The monoisotopic (exact) mass is 231 g/mol. The highest BCUT2D eigenvalue weighted by Gasteiger charge is 2.07. The van der Waals surface area contributed by atoms with Crippen LogP contribution < -0.4 is 5.32 Å². The number of nitrogens with one attached hydrogen (secondary N) is 1. The minimum absolute atomic E-state index is 0.0658. The Morgan fingerprint density at radius 3 is 2.57 bits per heavy atom. The summed E-state index contributed by atoms with van der Waals surface area (Å²) in [5.74, 6) is -0.315. The minimum Gasteiger partial charge on any atom is -0.324 e. The molecule has 0 aliphatic heterocycles. The Kier molecular flexibility index (Phi) is 3.78. The van der Waals surface area contributed by atoms with Gasteiger partial charge < -0.3 is 5.32 Å². The maximum Gasteiger partial charge on any atom is 0.239 e. The number of carbonyl (C=O) groups excluding carboxylic acids is 1. The number of alkyl halides is 1. The lowest BCUT2D eigenvalue weighted by molar-refractivity contribution is -0.113. The lowest BCUT2D eigenvalue weighted by atomic mass is 10.1. The molecule has 0 aromatic heterocycles. The average Bonchev–Trinajstić information content (AvgIpc) is 2.10. The van der Waals surface area contributed by atoms with Crippen LogP contribution in [0.15, 0.2) is 12.1 Å². The second-order valence-corrected chi connectivity index (χ2v) is 3.79. The van der Waals surface area contributed by atoms with E-state index in [-0.39, 0.29) is 11.8 Å². The Labute approximate surface area is 93.2 Å². The van der Waals surface area contributed by atoms with Gasteiger partial charge in [-0.1, -0.05) is 17.7 Å². The van der Waals surface area contributed by atoms with E-state index < -0.39 is 0 Å². The maximum absolute atomic E-state index is 11.1. The van der Waals surface area contributed by atoms with E-state index in [4.69, 9.17) is 23.2 Å². The molecule has 0 atom stereocenters. The van der Waals surface area contributed by atoms with Crippen molar-refractivity contribution in [2.24, 2.45) is 0 Å². The Bertz CT molecular complexity index is 340. The van der Waals surface area contributed by atoms with Crippen LogP contribution in [0.5, 0.6) is 0 Å². The predicted octanol–water partition coefficient (Wildman–Crippen LogP) is 3.13. The van der Waals surface area contributed by atoms with E-state index in [0.29, 0.717) is 10.7 Å². The zero-order valence-corrected chi connectivity index (χ0v) is 9.54. The van der Waals surface area contributed by atoms with Gasteiger partial charge in [0.25, 0.3) is 0 Å². The predicted molar refractivity (Wildman–Crippen MR) is 60.3 cm³/mol. The largest absolute Gasteiger partial charge is 0.324 e. The molecule has 1 rings (SSSR count). The molecule has 2 nitrogen and oxygen atoms in total. The Morgan fingerprint density at radius 2 is 2.07 bits per heavy atom. The average molecular weight is 232 g/mol. The highest BCUT2D eigenvalue weighted by molar-refractivity contribution is 6.35. The number of benzene rings is 1. The van der Waals surface area contributed by atoms with Gasteiger partial charge in [-0.3, -0.25) is 4.79 Å². The molecule has 0 saturated carbocycles. The third kappa shape index (κ3) is 2.63. The van der Waals surface area contributed by atoms with Crippen LogP contribution in [0, 0.1) is 13.8 Å². The fourth-order valence-corrected chi connectivity index (χ4v) is 1.68. The van der Waals surface area contributed by atoms with Crippen molar-refractivity contribution < 1.29 is 4.79 Å². The molecule has 76 valence electrons. The maximum atomic E-state index is 11.1. The zero-order chi connectivity index (χ0) is 10.7. The summed E-state index contributed by atoms with van der Waals surface area (Å²) in [6.45, 7) is 3.84. The van der Waals surface area contributed by atoms with E-state index in [2.05, 4.69) is 5.32 Å². The second kappa shape index (κ2) is 4.67. The molecule has 14 heavy (non-hydrogen) atoms. The molecule has 0 heterocycles. The van der Waals surface area contributed by atoms with Gasteiger partial charge in [-0.15, -0.1) is 11.6 Å². The van der Waals surface area contributed by atoms with Crippen LogP contribution in [0.1, 0.15) is 11.1 Å². The van der Waals surface area contributed by atoms with Crippen molar-refractivity contribution in [1.82, 2.24) is 0 Å². The van der Waals surface area contributed by atoms with Crippen molar-refractivity contribution in [3.8, 4) is 0 Å². The molecule has 0 spiro atoms. The normalized spacial score (nSPS) is 10.0. The number of halogens is 2. The molecular weight excluding hydrogens is 221 g/mol.